The fourth-order valence-electron chi connectivity index (χ4n) is 2.02. The van der Waals surface area contributed by atoms with Gasteiger partial charge in [-0.3, -0.25) is 4.57 Å². The van der Waals surface area contributed by atoms with Crippen molar-refractivity contribution in [3.8, 4) is 0 Å². The SMILES string of the molecule is Cn1c(=O)oc2ccc(C(F)(F)C3CC3)cc21. The second-order valence-corrected chi connectivity index (χ2v) is 4.51. The number of rotatable bonds is 2. The highest BCUT2D eigenvalue weighted by molar-refractivity contribution is 5.74. The van der Waals surface area contributed by atoms with Crippen LogP contribution in [0.3, 0.4) is 0 Å². The molecule has 1 aliphatic rings. The zero-order valence-corrected chi connectivity index (χ0v) is 9.24. The Labute approximate surface area is 95.6 Å². The molecule has 5 heteroatoms. The smallest absolute Gasteiger partial charge is 0.408 e. The topological polar surface area (TPSA) is 35.1 Å². The van der Waals surface area contributed by atoms with Crippen LogP contribution in [-0.2, 0) is 13.0 Å². The molecule has 1 heterocycles. The normalized spacial score (nSPS) is 16.6. The van der Waals surface area contributed by atoms with Gasteiger partial charge in [0, 0.05) is 18.5 Å². The lowest BCUT2D eigenvalue weighted by molar-refractivity contribution is -0.0284. The number of nitrogens with zero attached hydrogens (tertiary/aromatic N) is 1. The van der Waals surface area contributed by atoms with E-state index in [0.29, 0.717) is 23.9 Å². The summed E-state index contributed by atoms with van der Waals surface area (Å²) in [5, 5.41) is 0. The summed E-state index contributed by atoms with van der Waals surface area (Å²) in [5.41, 5.74) is 0.713. The molecule has 0 radical (unpaired) electrons. The number of halogens is 2. The highest BCUT2D eigenvalue weighted by atomic mass is 19.3. The van der Waals surface area contributed by atoms with Crippen LogP contribution < -0.4 is 5.76 Å². The molecule has 1 aliphatic carbocycles. The molecule has 2 aromatic rings. The van der Waals surface area contributed by atoms with Crippen molar-refractivity contribution >= 4 is 11.1 Å². The molecule has 0 atom stereocenters. The minimum absolute atomic E-state index is 0.0381. The largest absolute Gasteiger partial charge is 0.419 e. The quantitative estimate of drug-likeness (QED) is 0.807. The first-order valence-corrected chi connectivity index (χ1v) is 5.48. The van der Waals surface area contributed by atoms with Crippen molar-refractivity contribution in [2.24, 2.45) is 13.0 Å². The molecule has 1 fully saturated rings. The Hall–Kier alpha value is -1.65. The number of fused-ring (bicyclic) bond motifs is 1. The van der Waals surface area contributed by atoms with E-state index in [1.807, 2.05) is 0 Å². The van der Waals surface area contributed by atoms with Crippen LogP contribution in [0.2, 0.25) is 0 Å². The van der Waals surface area contributed by atoms with Gasteiger partial charge in [0.25, 0.3) is 5.92 Å². The van der Waals surface area contributed by atoms with Gasteiger partial charge >= 0.3 is 5.76 Å². The Balaban J connectivity index is 2.18. The van der Waals surface area contributed by atoms with Crippen LogP contribution >= 0.6 is 0 Å². The molecular weight excluding hydrogens is 228 g/mol. The maximum atomic E-state index is 13.9. The average molecular weight is 239 g/mol. The predicted molar refractivity (Wildman–Crippen MR) is 58.1 cm³/mol. The van der Waals surface area contributed by atoms with Gasteiger partial charge in [0.15, 0.2) is 5.58 Å². The Bertz CT molecular complexity index is 637. The molecule has 0 spiro atoms. The minimum atomic E-state index is -2.80. The highest BCUT2D eigenvalue weighted by Gasteiger charge is 2.48. The lowest BCUT2D eigenvalue weighted by atomic mass is 10.0. The number of oxazole rings is 1. The molecule has 0 unspecified atom stereocenters. The first-order valence-electron chi connectivity index (χ1n) is 5.48. The van der Waals surface area contributed by atoms with Crippen LogP contribution in [0.1, 0.15) is 18.4 Å². The summed E-state index contributed by atoms with van der Waals surface area (Å²) in [7, 11) is 1.51. The molecule has 0 N–H and O–H groups in total. The maximum Gasteiger partial charge on any atom is 0.419 e. The van der Waals surface area contributed by atoms with E-state index in [0.717, 1.165) is 0 Å². The molecule has 3 rings (SSSR count). The van der Waals surface area contributed by atoms with Gasteiger partial charge < -0.3 is 4.42 Å². The molecule has 3 nitrogen and oxygen atoms in total. The third-order valence-electron chi connectivity index (χ3n) is 3.27. The lowest BCUT2D eigenvalue weighted by Gasteiger charge is -2.15. The lowest BCUT2D eigenvalue weighted by Crippen LogP contribution is -2.16. The zero-order valence-electron chi connectivity index (χ0n) is 9.24. The summed E-state index contributed by atoms with van der Waals surface area (Å²) in [6, 6.07) is 4.12. The molecule has 0 saturated heterocycles. The van der Waals surface area contributed by atoms with Crippen LogP contribution in [0.15, 0.2) is 27.4 Å². The summed E-state index contributed by atoms with van der Waals surface area (Å²) in [6.45, 7) is 0. The third kappa shape index (κ3) is 1.49. The molecular formula is C12H11F2NO2. The van der Waals surface area contributed by atoms with Gasteiger partial charge in [-0.1, -0.05) is 0 Å². The minimum Gasteiger partial charge on any atom is -0.408 e. The number of benzene rings is 1. The fraction of sp³-hybridized carbons (Fsp3) is 0.417. The van der Waals surface area contributed by atoms with Crippen molar-refractivity contribution in [2.45, 2.75) is 18.8 Å². The van der Waals surface area contributed by atoms with Crippen molar-refractivity contribution in [3.05, 3.63) is 34.3 Å². The molecule has 1 aromatic heterocycles. The van der Waals surface area contributed by atoms with E-state index >= 15 is 0 Å². The van der Waals surface area contributed by atoms with Gasteiger partial charge in [0.2, 0.25) is 0 Å². The molecule has 1 aromatic carbocycles. The summed E-state index contributed by atoms with van der Waals surface area (Å²) in [6.07, 6.45) is 1.13. The summed E-state index contributed by atoms with van der Waals surface area (Å²) in [5.74, 6) is -3.89. The molecule has 0 aliphatic heterocycles. The van der Waals surface area contributed by atoms with Crippen LogP contribution in [0, 0.1) is 5.92 Å². The van der Waals surface area contributed by atoms with E-state index in [2.05, 4.69) is 0 Å². The van der Waals surface area contributed by atoms with Crippen LogP contribution in [0.4, 0.5) is 8.78 Å². The van der Waals surface area contributed by atoms with Crippen molar-refractivity contribution in [1.82, 2.24) is 4.57 Å². The Morgan fingerprint density at radius 1 is 1.41 bits per heavy atom. The molecule has 90 valence electrons. The van der Waals surface area contributed by atoms with Crippen molar-refractivity contribution in [1.29, 1.82) is 0 Å². The van der Waals surface area contributed by atoms with Crippen LogP contribution in [0.5, 0.6) is 0 Å². The van der Waals surface area contributed by atoms with Gasteiger partial charge in [-0.25, -0.2) is 13.6 Å². The zero-order chi connectivity index (χ0) is 12.2. The predicted octanol–water partition coefficient (Wildman–Crippen LogP) is 2.63. The van der Waals surface area contributed by atoms with E-state index in [1.165, 1.54) is 29.8 Å². The number of hydrogen-bond donors (Lipinski definition) is 0. The Morgan fingerprint density at radius 2 is 2.12 bits per heavy atom. The summed E-state index contributed by atoms with van der Waals surface area (Å²) in [4.78, 5) is 11.3. The van der Waals surface area contributed by atoms with E-state index in [4.69, 9.17) is 4.42 Å². The second kappa shape index (κ2) is 3.18. The Morgan fingerprint density at radius 3 is 2.76 bits per heavy atom. The van der Waals surface area contributed by atoms with Gasteiger partial charge in [0.1, 0.15) is 0 Å². The first kappa shape index (κ1) is 10.5. The van der Waals surface area contributed by atoms with Gasteiger partial charge in [-0.05, 0) is 31.0 Å². The summed E-state index contributed by atoms with van der Waals surface area (Å²) >= 11 is 0. The highest BCUT2D eigenvalue weighted by Crippen LogP contribution is 2.49. The van der Waals surface area contributed by atoms with E-state index < -0.39 is 17.6 Å². The van der Waals surface area contributed by atoms with Gasteiger partial charge in [-0.15, -0.1) is 0 Å². The molecule has 1 saturated carbocycles. The molecule has 17 heavy (non-hydrogen) atoms. The van der Waals surface area contributed by atoms with Gasteiger partial charge in [-0.2, -0.15) is 0 Å². The summed E-state index contributed by atoms with van der Waals surface area (Å²) < 4.78 is 33.9. The van der Waals surface area contributed by atoms with Crippen molar-refractivity contribution in [3.63, 3.8) is 0 Å². The number of hydrogen-bond acceptors (Lipinski definition) is 2. The van der Waals surface area contributed by atoms with E-state index in [9.17, 15) is 13.6 Å². The number of alkyl halides is 2. The first-order chi connectivity index (χ1) is 8.00. The molecule has 0 bridgehead atoms. The number of aromatic nitrogens is 1. The third-order valence-corrected chi connectivity index (χ3v) is 3.27. The van der Waals surface area contributed by atoms with Crippen LogP contribution in [0.25, 0.3) is 11.1 Å². The molecule has 0 amide bonds. The van der Waals surface area contributed by atoms with Crippen molar-refractivity contribution in [2.75, 3.05) is 0 Å². The second-order valence-electron chi connectivity index (χ2n) is 4.51. The van der Waals surface area contributed by atoms with Gasteiger partial charge in [0.05, 0.1) is 5.52 Å². The van der Waals surface area contributed by atoms with Crippen molar-refractivity contribution < 1.29 is 13.2 Å². The van der Waals surface area contributed by atoms with E-state index in [1.54, 1.807) is 0 Å². The number of aryl methyl sites for hydroxylation is 1. The standard InChI is InChI=1S/C12H11F2NO2/c1-15-9-6-8(12(13,14)7-2-3-7)4-5-10(9)17-11(15)16/h4-7H,2-3H2,1H3. The monoisotopic (exact) mass is 239 g/mol. The van der Waals surface area contributed by atoms with Crippen LogP contribution in [-0.4, -0.2) is 4.57 Å². The van der Waals surface area contributed by atoms with E-state index in [-0.39, 0.29) is 5.56 Å². The Kier molecular flexibility index (Phi) is 1.97. The fourth-order valence-corrected chi connectivity index (χ4v) is 2.02. The maximum absolute atomic E-state index is 13.9. The average Bonchev–Trinajstić information content (AvgIpc) is 3.09.